The van der Waals surface area contributed by atoms with Gasteiger partial charge in [-0.2, -0.15) is 0 Å². The monoisotopic (exact) mass is 193 g/mol. The van der Waals surface area contributed by atoms with Crippen molar-refractivity contribution in [3.8, 4) is 0 Å². The molecule has 0 aliphatic carbocycles. The summed E-state index contributed by atoms with van der Waals surface area (Å²) in [6.07, 6.45) is 0. The highest BCUT2D eigenvalue weighted by atomic mass is 16.6. The minimum atomic E-state index is -1.82. The Morgan fingerprint density at radius 1 is 1.31 bits per heavy atom. The number of rotatable bonds is 3. The Balaban J connectivity index is 4.75. The number of nitrogens with zero attached hydrogens (tertiary/aromatic N) is 2. The second kappa shape index (κ2) is 4.91. The van der Waals surface area contributed by atoms with Gasteiger partial charge in [-0.15, -0.1) is 0 Å². The molecule has 2 N–H and O–H groups in total. The molecule has 0 aromatic rings. The predicted octanol–water partition coefficient (Wildman–Crippen LogP) is -1.06. The normalized spacial score (nSPS) is 11.2. The van der Waals surface area contributed by atoms with Crippen molar-refractivity contribution < 1.29 is 34.3 Å². The largest absolute Gasteiger partial charge is 0.463 e. The lowest BCUT2D eigenvalue weighted by molar-refractivity contribution is -0.844. The van der Waals surface area contributed by atoms with E-state index in [4.69, 9.17) is 10.4 Å². The zero-order valence-electron chi connectivity index (χ0n) is 7.00. The van der Waals surface area contributed by atoms with E-state index in [2.05, 4.69) is 14.8 Å². The molecule has 0 unspecified atom stereocenters. The van der Waals surface area contributed by atoms with Crippen LogP contribution < -0.4 is 0 Å². The van der Waals surface area contributed by atoms with Crippen molar-refractivity contribution in [2.24, 2.45) is 5.28 Å². The van der Waals surface area contributed by atoms with Gasteiger partial charge in [0, 0.05) is 0 Å². The number of carbonyl (C=O) groups is 2. The van der Waals surface area contributed by atoms with Crippen LogP contribution in [0.2, 0.25) is 0 Å². The smallest absolute Gasteiger partial charge is 0.423 e. The topological polar surface area (TPSA) is 108 Å². The third-order valence-electron chi connectivity index (χ3n) is 1.17. The van der Waals surface area contributed by atoms with Gasteiger partial charge in [0.1, 0.15) is 0 Å². The van der Waals surface area contributed by atoms with Gasteiger partial charge in [0.2, 0.25) is 5.28 Å². The molecule has 13 heavy (non-hydrogen) atoms. The fraction of sp³-hybridized carbons (Fsp3) is 0.600. The zero-order valence-corrected chi connectivity index (χ0v) is 7.00. The summed E-state index contributed by atoms with van der Waals surface area (Å²) in [5, 5.41) is 19.0. The number of methoxy groups -OCH3 is 2. The minimum absolute atomic E-state index is 0.266. The second-order valence-corrected chi connectivity index (χ2v) is 1.86. The third-order valence-corrected chi connectivity index (χ3v) is 1.17. The lowest BCUT2D eigenvalue weighted by Gasteiger charge is -2.01. The van der Waals surface area contributed by atoms with E-state index >= 15 is 0 Å². The van der Waals surface area contributed by atoms with E-state index < -0.39 is 18.0 Å². The number of esters is 2. The van der Waals surface area contributed by atoms with Crippen molar-refractivity contribution in [3.05, 3.63) is 0 Å². The Bertz CT molecular complexity index is 221. The first-order chi connectivity index (χ1) is 6.08. The SMILES string of the molecule is COC(=O)C(C(=O)OC)/[N+](O)=N/O. The van der Waals surface area contributed by atoms with Crippen LogP contribution in [0.5, 0.6) is 0 Å². The molecule has 0 aromatic heterocycles. The maximum absolute atomic E-state index is 10.8. The molecule has 8 nitrogen and oxygen atoms in total. The van der Waals surface area contributed by atoms with Crippen LogP contribution in [0.4, 0.5) is 0 Å². The minimum Gasteiger partial charge on any atom is -0.463 e. The molecule has 0 saturated heterocycles. The maximum Gasteiger partial charge on any atom is 0.423 e. The molecule has 0 bridgehead atoms. The lowest BCUT2D eigenvalue weighted by Crippen LogP contribution is -2.40. The summed E-state index contributed by atoms with van der Waals surface area (Å²) in [6.45, 7) is 0. The molecule has 0 atom stereocenters. The molecule has 0 amide bonds. The Morgan fingerprint density at radius 3 is 1.92 bits per heavy atom. The van der Waals surface area contributed by atoms with Gasteiger partial charge in [0.15, 0.2) is 4.86 Å². The van der Waals surface area contributed by atoms with Crippen LogP contribution in [0.3, 0.4) is 0 Å². The van der Waals surface area contributed by atoms with E-state index in [-0.39, 0.29) is 4.86 Å². The molecule has 0 rings (SSSR count). The van der Waals surface area contributed by atoms with Crippen LogP contribution in [0.15, 0.2) is 5.28 Å². The molecule has 0 heterocycles. The average molecular weight is 193 g/mol. The summed E-state index contributed by atoms with van der Waals surface area (Å²) in [5.74, 6) is -2.21. The Kier molecular flexibility index (Phi) is 4.20. The summed E-state index contributed by atoms with van der Waals surface area (Å²) in [4.78, 5) is 21.4. The quantitative estimate of drug-likeness (QED) is 0.194. The zero-order chi connectivity index (χ0) is 10.4. The molecule has 0 aliphatic heterocycles. The molecule has 0 aromatic carbocycles. The van der Waals surface area contributed by atoms with Crippen LogP contribution in [0.1, 0.15) is 0 Å². The van der Waals surface area contributed by atoms with Gasteiger partial charge < -0.3 is 14.7 Å². The molecule has 8 heteroatoms. The Labute approximate surface area is 72.9 Å². The van der Waals surface area contributed by atoms with Crippen molar-refractivity contribution in [1.82, 2.24) is 0 Å². The molecular weight excluding hydrogens is 184 g/mol. The van der Waals surface area contributed by atoms with Crippen molar-refractivity contribution in [3.63, 3.8) is 0 Å². The van der Waals surface area contributed by atoms with Gasteiger partial charge in [0.05, 0.1) is 14.2 Å². The number of hydrogen-bond donors (Lipinski definition) is 2. The summed E-state index contributed by atoms with van der Waals surface area (Å²) in [7, 11) is 2.01. The number of hydrogen-bond acceptors (Lipinski definition) is 5. The van der Waals surface area contributed by atoms with Crippen molar-refractivity contribution >= 4 is 11.9 Å². The number of carbonyl (C=O) groups excluding carboxylic acids is 2. The third kappa shape index (κ3) is 2.58. The summed E-state index contributed by atoms with van der Waals surface area (Å²) >= 11 is 0. The highest BCUT2D eigenvalue weighted by Gasteiger charge is 2.43. The van der Waals surface area contributed by atoms with E-state index in [0.29, 0.717) is 0 Å². The molecular formula is C5H9N2O6+. The highest BCUT2D eigenvalue weighted by Crippen LogP contribution is 1.96. The van der Waals surface area contributed by atoms with Gasteiger partial charge in [-0.1, -0.05) is 0 Å². The Morgan fingerprint density at radius 2 is 1.69 bits per heavy atom. The number of ether oxygens (including phenoxy) is 2. The summed E-state index contributed by atoms with van der Waals surface area (Å²) in [6, 6.07) is -1.82. The molecule has 0 radical (unpaired) electrons. The molecule has 0 spiro atoms. The molecule has 0 aliphatic rings. The van der Waals surface area contributed by atoms with E-state index in [0.717, 1.165) is 14.2 Å². The van der Waals surface area contributed by atoms with Gasteiger partial charge in [-0.25, -0.2) is 9.59 Å². The Hall–Kier alpha value is -1.86. The van der Waals surface area contributed by atoms with Crippen LogP contribution in [-0.4, -0.2) is 47.5 Å². The first-order valence-electron chi connectivity index (χ1n) is 3.07. The van der Waals surface area contributed by atoms with Crippen molar-refractivity contribution in [2.45, 2.75) is 6.04 Å². The van der Waals surface area contributed by atoms with Crippen LogP contribution >= 0.6 is 0 Å². The predicted molar refractivity (Wildman–Crippen MR) is 34.1 cm³/mol. The second-order valence-electron chi connectivity index (χ2n) is 1.86. The highest BCUT2D eigenvalue weighted by molar-refractivity contribution is 5.97. The molecule has 0 saturated carbocycles. The summed E-state index contributed by atoms with van der Waals surface area (Å²) in [5.41, 5.74) is 0. The van der Waals surface area contributed by atoms with Gasteiger partial charge in [0.25, 0.3) is 0 Å². The van der Waals surface area contributed by atoms with Crippen molar-refractivity contribution in [2.75, 3.05) is 14.2 Å². The van der Waals surface area contributed by atoms with E-state index in [9.17, 15) is 9.59 Å². The van der Waals surface area contributed by atoms with Gasteiger partial charge >= 0.3 is 18.0 Å². The molecule has 74 valence electrons. The first kappa shape index (κ1) is 11.1. The van der Waals surface area contributed by atoms with E-state index in [1.54, 1.807) is 0 Å². The lowest BCUT2D eigenvalue weighted by atomic mass is 10.3. The fourth-order valence-corrected chi connectivity index (χ4v) is 0.560. The first-order valence-corrected chi connectivity index (χ1v) is 3.07. The van der Waals surface area contributed by atoms with E-state index in [1.165, 1.54) is 0 Å². The summed E-state index contributed by atoms with van der Waals surface area (Å²) < 4.78 is 8.29. The maximum atomic E-state index is 10.8. The van der Waals surface area contributed by atoms with Gasteiger partial charge in [-0.05, 0) is 0 Å². The van der Waals surface area contributed by atoms with Crippen LogP contribution in [-0.2, 0) is 19.1 Å². The van der Waals surface area contributed by atoms with Crippen molar-refractivity contribution in [1.29, 1.82) is 0 Å². The van der Waals surface area contributed by atoms with Crippen LogP contribution in [0.25, 0.3) is 0 Å². The molecule has 0 fully saturated rings. The van der Waals surface area contributed by atoms with E-state index in [1.807, 2.05) is 0 Å². The average Bonchev–Trinajstić information content (AvgIpc) is 2.16. The van der Waals surface area contributed by atoms with Gasteiger partial charge in [-0.3, -0.25) is 5.21 Å². The fourth-order valence-electron chi connectivity index (χ4n) is 0.560. The number of hydroxylamine groups is 1. The standard InChI is InChI=1S/C5H8N2O6/c1-12-4(8)3(5(9)13-2)7(11)6-10/h3,11H,1-2H3/p+1. The van der Waals surface area contributed by atoms with Crippen LogP contribution in [0, 0.1) is 0 Å².